The molecule has 4 saturated heterocycles. The van der Waals surface area contributed by atoms with E-state index in [-0.39, 0.29) is 41.5 Å². The molecule has 4 aliphatic rings. The lowest BCUT2D eigenvalue weighted by atomic mass is 9.95. The summed E-state index contributed by atoms with van der Waals surface area (Å²) in [6.07, 6.45) is 1.61. The summed E-state index contributed by atoms with van der Waals surface area (Å²) in [6, 6.07) is 21.9. The Morgan fingerprint density at radius 2 is 1.71 bits per heavy atom. The minimum Gasteiger partial charge on any atom is -0.507 e. The number of piperazine rings is 1. The summed E-state index contributed by atoms with van der Waals surface area (Å²) in [5.74, 6) is -0.158. The summed E-state index contributed by atoms with van der Waals surface area (Å²) in [5, 5.41) is 23.4. The number of amides is 1. The number of hydrogen-bond donors (Lipinski definition) is 2. The molecule has 0 spiro atoms. The van der Waals surface area contributed by atoms with Crippen molar-refractivity contribution in [3.05, 3.63) is 84.2 Å². The normalized spacial score (nSPS) is 24.2. The molecule has 4 aliphatic heterocycles. The molecule has 10 nitrogen and oxygen atoms in total. The fourth-order valence-electron chi connectivity index (χ4n) is 9.09. The summed E-state index contributed by atoms with van der Waals surface area (Å²) in [5.41, 5.74) is 0.885. The van der Waals surface area contributed by atoms with Crippen LogP contribution < -0.4 is 14.4 Å². The van der Waals surface area contributed by atoms with Crippen molar-refractivity contribution >= 4 is 33.6 Å². The zero-order chi connectivity index (χ0) is 35.6. The van der Waals surface area contributed by atoms with E-state index in [4.69, 9.17) is 14.5 Å². The van der Waals surface area contributed by atoms with E-state index < -0.39 is 23.6 Å². The van der Waals surface area contributed by atoms with Gasteiger partial charge in [-0.05, 0) is 72.3 Å². The lowest BCUT2D eigenvalue weighted by Crippen LogP contribution is -2.55. The molecular weight excluding hydrogens is 668 g/mol. The van der Waals surface area contributed by atoms with Gasteiger partial charge in [-0.3, -0.25) is 9.80 Å². The van der Waals surface area contributed by atoms with Gasteiger partial charge in [-0.2, -0.15) is 9.97 Å². The molecule has 0 saturated carbocycles. The molecule has 52 heavy (non-hydrogen) atoms. The van der Waals surface area contributed by atoms with Gasteiger partial charge in [-0.15, -0.1) is 0 Å². The Labute approximate surface area is 299 Å². The quantitative estimate of drug-likeness (QED) is 0.174. The van der Waals surface area contributed by atoms with Crippen LogP contribution in [0.25, 0.3) is 32.8 Å². The van der Waals surface area contributed by atoms with Gasteiger partial charge in [0, 0.05) is 31.4 Å². The number of halogens is 2. The molecule has 4 atom stereocenters. The molecule has 2 bridgehead atoms. The molecule has 2 N–H and O–H groups in total. The van der Waals surface area contributed by atoms with Gasteiger partial charge in [-0.25, -0.2) is 13.6 Å². The first kappa shape index (κ1) is 32.7. The number of aromatic nitrogens is 2. The lowest BCUT2D eigenvalue weighted by molar-refractivity contribution is 0.107. The molecule has 12 heteroatoms. The number of nitrogens with zero attached hydrogens (tertiary/aromatic N) is 5. The van der Waals surface area contributed by atoms with Gasteiger partial charge in [0.05, 0.1) is 23.2 Å². The molecule has 5 heterocycles. The van der Waals surface area contributed by atoms with E-state index in [1.807, 2.05) is 65.6 Å². The van der Waals surface area contributed by atoms with Crippen LogP contribution in [0.15, 0.2) is 72.8 Å². The Kier molecular flexibility index (Phi) is 8.02. The second-order valence-electron chi connectivity index (χ2n) is 14.6. The summed E-state index contributed by atoms with van der Waals surface area (Å²) >= 11 is 0. The summed E-state index contributed by atoms with van der Waals surface area (Å²) in [4.78, 5) is 27.1. The van der Waals surface area contributed by atoms with Gasteiger partial charge < -0.3 is 24.6 Å². The number of aromatic hydroxyl groups is 1. The fraction of sp³-hybridized carbons (Fsp3) is 0.375. The molecule has 5 aromatic rings. The zero-order valence-corrected chi connectivity index (χ0v) is 28.5. The topological polar surface area (TPSA) is 111 Å². The third-order valence-electron chi connectivity index (χ3n) is 11.5. The molecule has 0 radical (unpaired) electrons. The van der Waals surface area contributed by atoms with Crippen molar-refractivity contribution in [1.82, 2.24) is 19.8 Å². The molecule has 9 rings (SSSR count). The van der Waals surface area contributed by atoms with E-state index >= 15 is 4.39 Å². The minimum atomic E-state index is -0.956. The van der Waals surface area contributed by atoms with Crippen LogP contribution in [0.4, 0.5) is 19.4 Å². The van der Waals surface area contributed by atoms with E-state index in [9.17, 15) is 19.4 Å². The van der Waals surface area contributed by atoms with E-state index in [1.54, 1.807) is 6.07 Å². The third kappa shape index (κ3) is 5.60. The van der Waals surface area contributed by atoms with Gasteiger partial charge in [0.2, 0.25) is 0 Å². The first-order valence-corrected chi connectivity index (χ1v) is 18.0. The Morgan fingerprint density at radius 3 is 2.50 bits per heavy atom. The second-order valence-corrected chi connectivity index (χ2v) is 14.6. The number of phenolic OH excluding ortho intramolecular Hbond substituents is 1. The fourth-order valence-corrected chi connectivity index (χ4v) is 9.09. The zero-order valence-electron chi connectivity index (χ0n) is 28.5. The van der Waals surface area contributed by atoms with E-state index in [0.717, 1.165) is 35.7 Å². The number of carboxylic acid groups (broad SMARTS) is 1. The van der Waals surface area contributed by atoms with Crippen LogP contribution in [-0.2, 0) is 6.61 Å². The number of rotatable bonds is 8. The summed E-state index contributed by atoms with van der Waals surface area (Å²) in [6.45, 7) is 2.33. The maximum Gasteiger partial charge on any atom is 0.407 e. The largest absolute Gasteiger partial charge is 0.507 e. The Hall–Kier alpha value is -5.23. The molecule has 1 aromatic heterocycles. The van der Waals surface area contributed by atoms with Gasteiger partial charge in [0.15, 0.2) is 5.82 Å². The van der Waals surface area contributed by atoms with Crippen molar-refractivity contribution in [2.75, 3.05) is 37.7 Å². The number of benzene rings is 4. The highest BCUT2D eigenvalue weighted by Crippen LogP contribution is 2.45. The molecule has 4 fully saturated rings. The average molecular weight is 708 g/mol. The first-order valence-electron chi connectivity index (χ1n) is 18.0. The molecule has 0 aliphatic carbocycles. The highest BCUT2D eigenvalue weighted by molar-refractivity contribution is 6.03. The number of ether oxygens (including phenoxy) is 2. The molecule has 0 unspecified atom stereocenters. The SMILES string of the molecule is O=C(O)N1[C@@H]2CC[C@H]1CN(c1nc(OC[C@@]34CCCN3C[C@H](F)C4)nc3c(F)c(-c4cc(OCc5ccccc5)cc5ccccc45)c(O)cc13)C2. The average Bonchev–Trinajstić information content (AvgIpc) is 3.77. The van der Waals surface area contributed by atoms with Gasteiger partial charge in [-0.1, -0.05) is 54.6 Å². The monoisotopic (exact) mass is 707 g/mol. The lowest BCUT2D eigenvalue weighted by Gasteiger charge is -2.40. The summed E-state index contributed by atoms with van der Waals surface area (Å²) in [7, 11) is 0. The van der Waals surface area contributed by atoms with E-state index in [2.05, 4.69) is 9.88 Å². The van der Waals surface area contributed by atoms with Gasteiger partial charge in [0.25, 0.3) is 0 Å². The highest BCUT2D eigenvalue weighted by Gasteiger charge is 2.49. The van der Waals surface area contributed by atoms with Crippen molar-refractivity contribution in [3.63, 3.8) is 0 Å². The first-order chi connectivity index (χ1) is 25.3. The Bertz CT molecular complexity index is 2180. The van der Waals surface area contributed by atoms with E-state index in [1.165, 1.54) is 11.0 Å². The number of carbonyl (C=O) groups is 1. The number of phenols is 1. The number of fused-ring (bicyclic) bond motifs is 5. The standard InChI is InChI=1S/C40H39F2N5O5/c41-26-18-40(13-6-14-46(40)19-26)23-52-38-43-36-32(37(44-38)45-20-27-11-12-28(21-45)47(27)39(49)50)17-33(48)34(35(36)42)31-16-29(15-25-9-4-5-10-30(25)31)51-22-24-7-2-1-3-8-24/h1-5,7-10,15-17,26-28,48H,6,11-14,18-23H2,(H,49,50)/t26-,27-,28+,40+/m1/s1. The molecule has 1 amide bonds. The van der Waals surface area contributed by atoms with E-state index in [0.29, 0.717) is 68.0 Å². The predicted molar refractivity (Wildman–Crippen MR) is 192 cm³/mol. The van der Waals surface area contributed by atoms with Crippen molar-refractivity contribution in [1.29, 1.82) is 0 Å². The summed E-state index contributed by atoms with van der Waals surface area (Å²) < 4.78 is 44.4. The molecular formula is C40H39F2N5O5. The van der Waals surface area contributed by atoms with Crippen LogP contribution >= 0.6 is 0 Å². The van der Waals surface area contributed by atoms with Crippen LogP contribution in [0, 0.1) is 5.82 Å². The van der Waals surface area contributed by atoms with Crippen LogP contribution in [0.3, 0.4) is 0 Å². The second kappa shape index (κ2) is 12.8. The number of anilines is 1. The van der Waals surface area contributed by atoms with Gasteiger partial charge >= 0.3 is 12.1 Å². The third-order valence-corrected chi connectivity index (χ3v) is 11.5. The maximum atomic E-state index is 17.3. The predicted octanol–water partition coefficient (Wildman–Crippen LogP) is 7.16. The number of hydrogen-bond acceptors (Lipinski definition) is 8. The van der Waals surface area contributed by atoms with Crippen molar-refractivity contribution in [2.45, 2.75) is 62.5 Å². The van der Waals surface area contributed by atoms with Crippen LogP contribution in [0.2, 0.25) is 0 Å². The maximum absolute atomic E-state index is 17.3. The smallest absolute Gasteiger partial charge is 0.407 e. The molecule has 268 valence electrons. The Morgan fingerprint density at radius 1 is 0.942 bits per heavy atom. The number of alkyl halides is 1. The van der Waals surface area contributed by atoms with Crippen LogP contribution in [-0.4, -0.2) is 92.7 Å². The van der Waals surface area contributed by atoms with Crippen molar-refractivity contribution < 1.29 is 33.3 Å². The van der Waals surface area contributed by atoms with Crippen LogP contribution in [0.1, 0.15) is 37.7 Å². The minimum absolute atomic E-state index is 0.0307. The molecule has 4 aromatic carbocycles. The highest BCUT2D eigenvalue weighted by atomic mass is 19.1. The van der Waals surface area contributed by atoms with Crippen LogP contribution in [0.5, 0.6) is 17.5 Å². The van der Waals surface area contributed by atoms with Crippen molar-refractivity contribution in [2.24, 2.45) is 0 Å². The van der Waals surface area contributed by atoms with Crippen molar-refractivity contribution in [3.8, 4) is 28.6 Å². The van der Waals surface area contributed by atoms with Gasteiger partial charge in [0.1, 0.15) is 42.2 Å². The Balaban J connectivity index is 1.15.